The number of hydrogen-bond donors (Lipinski definition) is 3. The van der Waals surface area contributed by atoms with Crippen molar-refractivity contribution in [2.45, 2.75) is 20.8 Å². The molecule has 0 aliphatic carbocycles. The molecule has 5 aromatic rings. The minimum atomic E-state index is -0.387. The number of anilines is 3. The number of hydrogen-bond acceptors (Lipinski definition) is 8. The number of aryl methyl sites for hydroxylation is 2. The second-order valence-corrected chi connectivity index (χ2v) is 12.1. The lowest BCUT2D eigenvalue weighted by Crippen LogP contribution is -2.21. The maximum absolute atomic E-state index is 12.8. The third kappa shape index (κ3) is 9.10. The van der Waals surface area contributed by atoms with Gasteiger partial charge in [-0.25, -0.2) is 10.4 Å². The molecule has 0 atom stereocenters. The van der Waals surface area contributed by atoms with Crippen LogP contribution in [0.5, 0.6) is 11.5 Å². The quantitative estimate of drug-likeness (QED) is 0.0893. The van der Waals surface area contributed by atoms with Crippen LogP contribution >= 0.6 is 34.5 Å². The van der Waals surface area contributed by atoms with Crippen LogP contribution in [0.1, 0.15) is 34.0 Å². The Kier molecular flexibility index (Phi) is 11.1. The van der Waals surface area contributed by atoms with Gasteiger partial charge in [0, 0.05) is 32.9 Å². The largest absolute Gasteiger partial charge is 0.490 e. The van der Waals surface area contributed by atoms with Crippen molar-refractivity contribution in [1.82, 2.24) is 10.4 Å². The molecule has 9 nitrogen and oxygen atoms in total. The molecule has 0 unspecified atom stereocenters. The van der Waals surface area contributed by atoms with Crippen LogP contribution < -0.4 is 25.5 Å². The van der Waals surface area contributed by atoms with Crippen LogP contribution in [0.3, 0.4) is 0 Å². The SMILES string of the molecule is CCOc1cc(/C=N\NC(=O)c2ccc(-c3csc(Nc4ccc(Cl)cc4)n3)cc2)cc(Cl)c1OCC(=O)Nc1ccc(C)cc1C. The average Bonchev–Trinajstić information content (AvgIpc) is 3.52. The van der Waals surface area contributed by atoms with Crippen molar-refractivity contribution in [2.24, 2.45) is 5.10 Å². The summed E-state index contributed by atoms with van der Waals surface area (Å²) in [5.41, 5.74) is 8.83. The number of benzene rings is 4. The topological polar surface area (TPSA) is 114 Å². The molecule has 0 fully saturated rings. The Morgan fingerprint density at radius 3 is 2.45 bits per heavy atom. The molecule has 47 heavy (non-hydrogen) atoms. The van der Waals surface area contributed by atoms with E-state index in [1.807, 2.05) is 80.7 Å². The van der Waals surface area contributed by atoms with Crippen molar-refractivity contribution in [3.63, 3.8) is 0 Å². The van der Waals surface area contributed by atoms with Gasteiger partial charge in [0.2, 0.25) is 0 Å². The van der Waals surface area contributed by atoms with Gasteiger partial charge in [-0.05, 0) is 86.5 Å². The van der Waals surface area contributed by atoms with Gasteiger partial charge >= 0.3 is 0 Å². The van der Waals surface area contributed by atoms with E-state index in [-0.39, 0.29) is 29.2 Å². The molecule has 2 amide bonds. The van der Waals surface area contributed by atoms with Crippen molar-refractivity contribution < 1.29 is 19.1 Å². The summed E-state index contributed by atoms with van der Waals surface area (Å²) in [5.74, 6) is -0.142. The van der Waals surface area contributed by atoms with Gasteiger partial charge in [0.05, 0.1) is 23.5 Å². The predicted octanol–water partition coefficient (Wildman–Crippen LogP) is 8.66. The van der Waals surface area contributed by atoms with Crippen molar-refractivity contribution >= 4 is 69.1 Å². The van der Waals surface area contributed by atoms with E-state index in [0.717, 1.165) is 33.2 Å². The first-order valence-corrected chi connectivity index (χ1v) is 16.2. The van der Waals surface area contributed by atoms with Crippen LogP contribution in [0.15, 0.2) is 89.3 Å². The van der Waals surface area contributed by atoms with Gasteiger partial charge in [0.1, 0.15) is 0 Å². The number of hydrazone groups is 1. The van der Waals surface area contributed by atoms with Crippen molar-refractivity contribution in [3.05, 3.63) is 117 Å². The third-order valence-corrected chi connectivity index (χ3v) is 8.05. The fourth-order valence-corrected chi connectivity index (χ4v) is 5.63. The van der Waals surface area contributed by atoms with Crippen LogP contribution in [0.25, 0.3) is 11.3 Å². The Balaban J connectivity index is 1.17. The standard InChI is InChI=1S/C35H31Cl2N5O4S/c1-4-45-31-17-23(16-28(37)33(31)46-19-32(43)40-29-14-5-21(2)15-22(29)3)18-38-42-34(44)25-8-6-24(7-9-25)30-20-47-35(41-30)39-27-12-10-26(36)11-13-27/h5-18,20H,4,19H2,1-3H3,(H,39,41)(H,40,43)(H,42,44)/b38-18-. The lowest BCUT2D eigenvalue weighted by atomic mass is 10.1. The molecule has 0 saturated carbocycles. The summed E-state index contributed by atoms with van der Waals surface area (Å²) in [5, 5.41) is 13.8. The number of nitrogens with zero attached hydrogens (tertiary/aromatic N) is 2. The predicted molar refractivity (Wildman–Crippen MR) is 190 cm³/mol. The summed E-state index contributed by atoms with van der Waals surface area (Å²) >= 11 is 13.9. The number of nitrogens with one attached hydrogen (secondary N) is 3. The number of halogens is 2. The number of ether oxygens (including phenoxy) is 2. The molecule has 0 aliphatic rings. The first-order chi connectivity index (χ1) is 22.7. The second kappa shape index (κ2) is 15.6. The van der Waals surface area contributed by atoms with Crippen molar-refractivity contribution in [3.8, 4) is 22.8 Å². The molecule has 12 heteroatoms. The van der Waals surface area contributed by atoms with Crippen LogP contribution in [-0.2, 0) is 4.79 Å². The summed E-state index contributed by atoms with van der Waals surface area (Å²) in [6, 6.07) is 23.5. The number of amides is 2. The van der Waals surface area contributed by atoms with E-state index in [0.29, 0.717) is 34.2 Å². The maximum Gasteiger partial charge on any atom is 0.271 e. The molecule has 3 N–H and O–H groups in total. The molecule has 0 aliphatic heterocycles. The molecular formula is C35H31Cl2N5O4S. The highest BCUT2D eigenvalue weighted by molar-refractivity contribution is 7.14. The van der Waals surface area contributed by atoms with Crippen molar-refractivity contribution in [2.75, 3.05) is 23.8 Å². The normalized spacial score (nSPS) is 10.9. The van der Waals surface area contributed by atoms with E-state index in [4.69, 9.17) is 32.7 Å². The van der Waals surface area contributed by atoms with Gasteiger partial charge in [-0.3, -0.25) is 9.59 Å². The molecule has 0 saturated heterocycles. The van der Waals surface area contributed by atoms with Gasteiger partial charge in [0.15, 0.2) is 23.2 Å². The number of thiazole rings is 1. The molecule has 0 bridgehead atoms. The lowest BCUT2D eigenvalue weighted by molar-refractivity contribution is -0.118. The first-order valence-electron chi connectivity index (χ1n) is 14.6. The minimum absolute atomic E-state index is 0.229. The summed E-state index contributed by atoms with van der Waals surface area (Å²) in [7, 11) is 0. The van der Waals surface area contributed by atoms with E-state index in [1.54, 1.807) is 24.3 Å². The summed E-state index contributed by atoms with van der Waals surface area (Å²) in [6.07, 6.45) is 1.45. The molecule has 4 aromatic carbocycles. The zero-order valence-corrected chi connectivity index (χ0v) is 28.1. The Morgan fingerprint density at radius 1 is 0.957 bits per heavy atom. The number of carbonyl (C=O) groups is 2. The highest BCUT2D eigenvalue weighted by Gasteiger charge is 2.15. The average molecular weight is 689 g/mol. The van der Waals surface area contributed by atoms with E-state index in [1.165, 1.54) is 17.6 Å². The summed E-state index contributed by atoms with van der Waals surface area (Å²) in [6.45, 7) is 5.81. The van der Waals surface area contributed by atoms with E-state index in [2.05, 4.69) is 26.1 Å². The second-order valence-electron chi connectivity index (χ2n) is 10.4. The lowest BCUT2D eigenvalue weighted by Gasteiger charge is -2.15. The zero-order valence-electron chi connectivity index (χ0n) is 25.8. The maximum atomic E-state index is 12.8. The fourth-order valence-electron chi connectivity index (χ4n) is 4.49. The van der Waals surface area contributed by atoms with E-state index in [9.17, 15) is 9.59 Å². The van der Waals surface area contributed by atoms with Gasteiger partial charge in [-0.1, -0.05) is 53.0 Å². The number of carbonyl (C=O) groups excluding carboxylic acids is 2. The molecule has 240 valence electrons. The van der Waals surface area contributed by atoms with Crippen LogP contribution in [0.2, 0.25) is 10.0 Å². The molecule has 1 heterocycles. The van der Waals surface area contributed by atoms with Gasteiger partial charge in [-0.2, -0.15) is 5.10 Å². The van der Waals surface area contributed by atoms with Crippen LogP contribution in [0, 0.1) is 13.8 Å². The van der Waals surface area contributed by atoms with Gasteiger partial charge in [-0.15, -0.1) is 11.3 Å². The molecular weight excluding hydrogens is 657 g/mol. The van der Waals surface area contributed by atoms with Crippen molar-refractivity contribution in [1.29, 1.82) is 0 Å². The highest BCUT2D eigenvalue weighted by atomic mass is 35.5. The minimum Gasteiger partial charge on any atom is -0.490 e. The van der Waals surface area contributed by atoms with E-state index >= 15 is 0 Å². The fraction of sp³-hybridized carbons (Fsp3) is 0.143. The smallest absolute Gasteiger partial charge is 0.271 e. The van der Waals surface area contributed by atoms with E-state index < -0.39 is 0 Å². The van der Waals surface area contributed by atoms with Gasteiger partial charge < -0.3 is 20.1 Å². The van der Waals surface area contributed by atoms with Gasteiger partial charge in [0.25, 0.3) is 11.8 Å². The molecule has 0 spiro atoms. The van der Waals surface area contributed by atoms with Crippen LogP contribution in [-0.4, -0.2) is 36.2 Å². The first kappa shape index (κ1) is 33.5. The molecule has 5 rings (SSSR count). The summed E-state index contributed by atoms with van der Waals surface area (Å²) < 4.78 is 11.5. The Labute approximate surface area is 286 Å². The Bertz CT molecular complexity index is 1910. The highest BCUT2D eigenvalue weighted by Crippen LogP contribution is 2.36. The molecule has 1 aromatic heterocycles. The Hall–Kier alpha value is -4.90. The zero-order chi connectivity index (χ0) is 33.3. The van der Waals surface area contributed by atoms with Crippen LogP contribution in [0.4, 0.5) is 16.5 Å². The summed E-state index contributed by atoms with van der Waals surface area (Å²) in [4.78, 5) is 30.0. The number of rotatable bonds is 12. The monoisotopic (exact) mass is 687 g/mol. The third-order valence-electron chi connectivity index (χ3n) is 6.76. The Morgan fingerprint density at radius 2 is 1.72 bits per heavy atom. The number of aromatic nitrogens is 1. The molecule has 0 radical (unpaired) electrons.